The van der Waals surface area contributed by atoms with Crippen LogP contribution in [0.5, 0.6) is 0 Å². The van der Waals surface area contributed by atoms with Crippen molar-refractivity contribution in [3.63, 3.8) is 0 Å². The van der Waals surface area contributed by atoms with Crippen molar-refractivity contribution in [1.29, 1.82) is 0 Å². The van der Waals surface area contributed by atoms with E-state index in [1.54, 1.807) is 11.3 Å². The molecule has 24 heavy (non-hydrogen) atoms. The Bertz CT molecular complexity index is 663. The van der Waals surface area contributed by atoms with Crippen LogP contribution in [0.3, 0.4) is 0 Å². The number of aliphatic imine (C=N–C) groups is 1. The van der Waals surface area contributed by atoms with Crippen molar-refractivity contribution < 1.29 is 0 Å². The molecule has 2 N–H and O–H groups in total. The molecule has 2 aromatic rings. The van der Waals surface area contributed by atoms with Crippen LogP contribution in [0.15, 0.2) is 35.3 Å². The number of guanidine groups is 1. The van der Waals surface area contributed by atoms with Gasteiger partial charge in [-0.15, -0.1) is 11.3 Å². The second-order valence-electron chi connectivity index (χ2n) is 6.07. The van der Waals surface area contributed by atoms with E-state index in [1.165, 1.54) is 10.4 Å². The number of thiazole rings is 1. The van der Waals surface area contributed by atoms with Crippen molar-refractivity contribution in [2.75, 3.05) is 6.54 Å². The molecule has 0 radical (unpaired) electrons. The minimum Gasteiger partial charge on any atom is -0.357 e. The van der Waals surface area contributed by atoms with E-state index < -0.39 is 0 Å². The van der Waals surface area contributed by atoms with Gasteiger partial charge in [-0.3, -0.25) is 0 Å². The molecule has 1 aromatic carbocycles. The predicted octanol–water partition coefficient (Wildman–Crippen LogP) is 4.01. The lowest BCUT2D eigenvalue weighted by molar-refractivity contribution is 0.550. The average molecular weight is 345 g/mol. The Morgan fingerprint density at radius 2 is 1.92 bits per heavy atom. The van der Waals surface area contributed by atoms with Crippen LogP contribution in [0.25, 0.3) is 0 Å². The number of aryl methyl sites for hydroxylation is 2. The quantitative estimate of drug-likeness (QED) is 0.615. The van der Waals surface area contributed by atoms with Crippen LogP contribution in [-0.2, 0) is 6.54 Å². The average Bonchev–Trinajstić information content (AvgIpc) is 2.90. The summed E-state index contributed by atoms with van der Waals surface area (Å²) in [6.07, 6.45) is 0. The van der Waals surface area contributed by atoms with Crippen LogP contribution in [0.4, 0.5) is 0 Å². The molecule has 0 amide bonds. The van der Waals surface area contributed by atoms with E-state index >= 15 is 0 Å². The fraction of sp³-hybridized carbons (Fsp3) is 0.474. The van der Waals surface area contributed by atoms with Crippen molar-refractivity contribution in [2.24, 2.45) is 4.99 Å². The van der Waals surface area contributed by atoms with Crippen molar-refractivity contribution in [2.45, 2.75) is 53.1 Å². The summed E-state index contributed by atoms with van der Waals surface area (Å²) in [5, 5.41) is 7.97. The van der Waals surface area contributed by atoms with Crippen molar-refractivity contribution in [3.05, 3.63) is 51.5 Å². The molecule has 0 saturated carbocycles. The summed E-state index contributed by atoms with van der Waals surface area (Å²) in [5.74, 6) is 1.26. The Balaban J connectivity index is 2.04. The van der Waals surface area contributed by atoms with Crippen molar-refractivity contribution >= 4 is 17.3 Å². The van der Waals surface area contributed by atoms with Gasteiger partial charge in [-0.25, -0.2) is 9.98 Å². The van der Waals surface area contributed by atoms with Gasteiger partial charge in [0.05, 0.1) is 17.2 Å². The molecule has 1 heterocycles. The second-order valence-corrected chi connectivity index (χ2v) is 7.36. The molecule has 0 aliphatic rings. The van der Waals surface area contributed by atoms with Gasteiger partial charge in [0.25, 0.3) is 0 Å². The fourth-order valence-electron chi connectivity index (χ4n) is 2.58. The van der Waals surface area contributed by atoms with E-state index in [2.05, 4.69) is 73.6 Å². The number of nitrogens with one attached hydrogen (secondary N) is 2. The van der Waals surface area contributed by atoms with Crippen LogP contribution in [0.1, 0.15) is 47.8 Å². The van der Waals surface area contributed by atoms with Gasteiger partial charge in [-0.05, 0) is 33.3 Å². The zero-order valence-corrected chi connectivity index (χ0v) is 16.1. The summed E-state index contributed by atoms with van der Waals surface area (Å²) < 4.78 is 0. The molecule has 130 valence electrons. The van der Waals surface area contributed by atoms with E-state index in [0.717, 1.165) is 23.2 Å². The Morgan fingerprint density at radius 3 is 2.50 bits per heavy atom. The summed E-state index contributed by atoms with van der Waals surface area (Å²) >= 11 is 1.72. The maximum atomic E-state index is 4.74. The molecule has 0 aliphatic carbocycles. The SMILES string of the molecule is CCNC(=NCc1sc(C)nc1C)NC(C)C(C)c1ccccc1. The Labute approximate surface area is 149 Å². The van der Waals surface area contributed by atoms with Gasteiger partial charge in [0, 0.05) is 23.4 Å². The number of hydrogen-bond acceptors (Lipinski definition) is 3. The molecular weight excluding hydrogens is 316 g/mol. The monoisotopic (exact) mass is 344 g/mol. The molecule has 2 rings (SSSR count). The number of aromatic nitrogens is 1. The van der Waals surface area contributed by atoms with Gasteiger partial charge in [0.1, 0.15) is 0 Å². The number of benzene rings is 1. The molecule has 0 bridgehead atoms. The van der Waals surface area contributed by atoms with Crippen LogP contribution < -0.4 is 10.6 Å². The third-order valence-corrected chi connectivity index (χ3v) is 5.22. The molecule has 4 nitrogen and oxygen atoms in total. The number of nitrogens with zero attached hydrogens (tertiary/aromatic N) is 2. The highest BCUT2D eigenvalue weighted by Gasteiger charge is 2.15. The van der Waals surface area contributed by atoms with Gasteiger partial charge < -0.3 is 10.6 Å². The molecule has 1 aromatic heterocycles. The molecule has 0 fully saturated rings. The van der Waals surface area contributed by atoms with E-state index in [1.807, 2.05) is 6.92 Å². The highest BCUT2D eigenvalue weighted by atomic mass is 32.1. The van der Waals surface area contributed by atoms with Crippen molar-refractivity contribution in [3.8, 4) is 0 Å². The molecule has 2 atom stereocenters. The highest BCUT2D eigenvalue weighted by molar-refractivity contribution is 7.11. The summed E-state index contributed by atoms with van der Waals surface area (Å²) in [4.78, 5) is 10.4. The smallest absolute Gasteiger partial charge is 0.191 e. The van der Waals surface area contributed by atoms with Crippen molar-refractivity contribution in [1.82, 2.24) is 15.6 Å². The maximum absolute atomic E-state index is 4.74. The molecule has 0 saturated heterocycles. The fourth-order valence-corrected chi connectivity index (χ4v) is 3.44. The summed E-state index contributed by atoms with van der Waals surface area (Å²) in [7, 11) is 0. The lowest BCUT2D eigenvalue weighted by atomic mass is 9.94. The van der Waals surface area contributed by atoms with E-state index in [0.29, 0.717) is 12.5 Å². The first kappa shape index (κ1) is 18.5. The Kier molecular flexibility index (Phi) is 6.79. The first-order chi connectivity index (χ1) is 11.5. The lowest BCUT2D eigenvalue weighted by Crippen LogP contribution is -2.44. The number of rotatable bonds is 6. The van der Waals surface area contributed by atoms with Crippen LogP contribution >= 0.6 is 11.3 Å². The minimum absolute atomic E-state index is 0.287. The van der Waals surface area contributed by atoms with Gasteiger partial charge in [0.2, 0.25) is 0 Å². The van der Waals surface area contributed by atoms with Crippen LogP contribution in [0.2, 0.25) is 0 Å². The number of hydrogen-bond donors (Lipinski definition) is 2. The van der Waals surface area contributed by atoms with Crippen LogP contribution in [0, 0.1) is 13.8 Å². The van der Waals surface area contributed by atoms with Gasteiger partial charge in [-0.1, -0.05) is 37.3 Å². The molecule has 0 aliphatic heterocycles. The van der Waals surface area contributed by atoms with E-state index in [4.69, 9.17) is 4.99 Å². The molecular formula is C19H28N4S. The van der Waals surface area contributed by atoms with Crippen LogP contribution in [-0.4, -0.2) is 23.5 Å². The highest BCUT2D eigenvalue weighted by Crippen LogP contribution is 2.19. The Hall–Kier alpha value is -1.88. The largest absolute Gasteiger partial charge is 0.357 e. The van der Waals surface area contributed by atoms with E-state index in [9.17, 15) is 0 Å². The molecule has 2 unspecified atom stereocenters. The third-order valence-electron chi connectivity index (χ3n) is 4.16. The first-order valence-corrected chi connectivity index (χ1v) is 9.35. The summed E-state index contributed by atoms with van der Waals surface area (Å²) in [6, 6.07) is 10.9. The van der Waals surface area contributed by atoms with Gasteiger partial charge >= 0.3 is 0 Å². The first-order valence-electron chi connectivity index (χ1n) is 8.54. The summed E-state index contributed by atoms with van der Waals surface area (Å²) in [6.45, 7) is 12.1. The molecule has 0 spiro atoms. The van der Waals surface area contributed by atoms with E-state index in [-0.39, 0.29) is 6.04 Å². The minimum atomic E-state index is 0.287. The van der Waals surface area contributed by atoms with Gasteiger partial charge in [-0.2, -0.15) is 0 Å². The maximum Gasteiger partial charge on any atom is 0.191 e. The lowest BCUT2D eigenvalue weighted by Gasteiger charge is -2.24. The van der Waals surface area contributed by atoms with Gasteiger partial charge in [0.15, 0.2) is 5.96 Å². The summed E-state index contributed by atoms with van der Waals surface area (Å²) in [5.41, 5.74) is 2.42. The third kappa shape index (κ3) is 5.06. The molecule has 5 heteroatoms. The standard InChI is InChI=1S/C19H28N4S/c1-6-20-19(21-12-18-15(4)22-16(5)24-18)23-14(3)13(2)17-10-8-7-9-11-17/h7-11,13-14H,6,12H2,1-5H3,(H2,20,21,23). The predicted molar refractivity (Wildman–Crippen MR) is 104 cm³/mol. The normalized spacial score (nSPS) is 14.3. The topological polar surface area (TPSA) is 49.3 Å². The second kappa shape index (κ2) is 8.83. The zero-order valence-electron chi connectivity index (χ0n) is 15.3. The zero-order chi connectivity index (χ0) is 17.5. The Morgan fingerprint density at radius 1 is 1.21 bits per heavy atom.